The van der Waals surface area contributed by atoms with Crippen LogP contribution in [0, 0.1) is 5.82 Å². The van der Waals surface area contributed by atoms with Crippen molar-refractivity contribution in [2.75, 3.05) is 49.5 Å². The normalized spacial score (nSPS) is 12.9. The van der Waals surface area contributed by atoms with Gasteiger partial charge in [0.15, 0.2) is 11.5 Å². The number of hydrogen-bond acceptors (Lipinski definition) is 7. The fourth-order valence-electron chi connectivity index (χ4n) is 2.05. The molecule has 0 amide bonds. The predicted octanol–water partition coefficient (Wildman–Crippen LogP) is 2.72. The Morgan fingerprint density at radius 2 is 2.04 bits per heavy atom. The molecule has 27 heavy (non-hydrogen) atoms. The van der Waals surface area contributed by atoms with Gasteiger partial charge in [-0.1, -0.05) is 0 Å². The Balaban J connectivity index is 1.97. The molecular weight excluding hydrogens is 439 g/mol. The number of aliphatic imine (C=N–C) groups is 1. The molecule has 0 spiro atoms. The lowest BCUT2D eigenvalue weighted by atomic mass is 10.3. The summed E-state index contributed by atoms with van der Waals surface area (Å²) >= 11 is 3.10. The molecule has 0 aliphatic carbocycles. The minimum atomic E-state index is -0.510. The van der Waals surface area contributed by atoms with Crippen molar-refractivity contribution in [2.45, 2.75) is 0 Å². The third-order valence-electron chi connectivity index (χ3n) is 3.45. The van der Waals surface area contributed by atoms with Gasteiger partial charge in [0.2, 0.25) is 5.82 Å². The number of hydrogen-bond donors (Lipinski definition) is 4. The molecule has 0 fully saturated rings. The molecule has 0 unspecified atom stereocenters. The minimum Gasteiger partial charge on any atom is -0.364 e. The molecule has 0 aliphatic rings. The number of aromatic nitrogens is 2. The van der Waals surface area contributed by atoms with Gasteiger partial charge >= 0.3 is 0 Å². The molecule has 0 radical (unpaired) electrons. The van der Waals surface area contributed by atoms with Crippen LogP contribution >= 0.6 is 26.0 Å². The maximum atomic E-state index is 13.3. The average molecular weight is 463 g/mol. The van der Waals surface area contributed by atoms with Crippen LogP contribution in [0.4, 0.5) is 15.9 Å². The van der Waals surface area contributed by atoms with E-state index in [1.807, 2.05) is 5.48 Å². The molecule has 4 N–H and O–H groups in total. The van der Waals surface area contributed by atoms with Gasteiger partial charge in [-0.15, -0.1) is 0 Å². The van der Waals surface area contributed by atoms with Crippen LogP contribution in [0.1, 0.15) is 5.69 Å². The van der Waals surface area contributed by atoms with E-state index in [-0.39, 0.29) is 16.0 Å². The molecule has 0 saturated carbocycles. The van der Waals surface area contributed by atoms with Crippen molar-refractivity contribution >= 4 is 43.3 Å². The molecule has 0 atom stereocenters. The summed E-state index contributed by atoms with van der Waals surface area (Å²) in [5.41, 5.74) is 2.62. The molecule has 0 bridgehead atoms. The zero-order chi connectivity index (χ0) is 19.9. The van der Waals surface area contributed by atoms with Crippen LogP contribution in [-0.2, 0) is 0 Å². The van der Waals surface area contributed by atoms with Crippen LogP contribution in [0.2, 0.25) is 0 Å². The second kappa shape index (κ2) is 10.0. The van der Waals surface area contributed by atoms with E-state index in [4.69, 9.17) is 4.63 Å². The number of amidine groups is 1. The lowest BCUT2D eigenvalue weighted by molar-refractivity contribution is 0.234. The van der Waals surface area contributed by atoms with Crippen molar-refractivity contribution in [2.24, 2.45) is 4.99 Å². The van der Waals surface area contributed by atoms with Crippen LogP contribution in [0.25, 0.3) is 0 Å². The molecular formula is C16H24BrFN6O2S. The lowest BCUT2D eigenvalue weighted by Crippen LogP contribution is -2.27. The minimum absolute atomic E-state index is 0.0292. The molecule has 0 aliphatic heterocycles. The van der Waals surface area contributed by atoms with Gasteiger partial charge < -0.3 is 10.6 Å². The highest BCUT2D eigenvalue weighted by atomic mass is 79.9. The van der Waals surface area contributed by atoms with Gasteiger partial charge in [0.05, 0.1) is 10.2 Å². The molecule has 11 heteroatoms. The zero-order valence-corrected chi connectivity index (χ0v) is 17.8. The SMILES string of the molecule is CS(C)(C)CCNCCNc1nonc1C(=Nc1ccc(F)c(Br)c1)NO. The van der Waals surface area contributed by atoms with Crippen LogP contribution in [0.5, 0.6) is 0 Å². The first kappa shape index (κ1) is 21.6. The summed E-state index contributed by atoms with van der Waals surface area (Å²) in [4.78, 5) is 4.21. The van der Waals surface area contributed by atoms with E-state index in [0.717, 1.165) is 18.8 Å². The Bertz CT molecular complexity index is 781. The van der Waals surface area contributed by atoms with Gasteiger partial charge in [0, 0.05) is 19.6 Å². The molecule has 1 aromatic heterocycles. The summed E-state index contributed by atoms with van der Waals surface area (Å²) in [5.74, 6) is 1.13. The first-order valence-electron chi connectivity index (χ1n) is 8.17. The predicted molar refractivity (Wildman–Crippen MR) is 111 cm³/mol. The fourth-order valence-corrected chi connectivity index (χ4v) is 3.17. The number of nitrogens with one attached hydrogen (secondary N) is 3. The third kappa shape index (κ3) is 7.09. The summed E-state index contributed by atoms with van der Waals surface area (Å²) in [6, 6.07) is 4.22. The van der Waals surface area contributed by atoms with Crippen molar-refractivity contribution in [3.8, 4) is 0 Å². The highest BCUT2D eigenvalue weighted by Gasteiger charge is 2.16. The van der Waals surface area contributed by atoms with E-state index in [0.29, 0.717) is 18.1 Å². The Kier molecular flexibility index (Phi) is 8.02. The van der Waals surface area contributed by atoms with E-state index in [2.05, 4.69) is 60.6 Å². The molecule has 150 valence electrons. The van der Waals surface area contributed by atoms with E-state index in [1.165, 1.54) is 18.2 Å². The Hall–Kier alpha value is -1.69. The lowest BCUT2D eigenvalue weighted by Gasteiger charge is -2.24. The van der Waals surface area contributed by atoms with Gasteiger partial charge in [-0.05, 0) is 69.0 Å². The maximum Gasteiger partial charge on any atom is 0.202 e. The Labute approximate surface area is 167 Å². The monoisotopic (exact) mass is 462 g/mol. The van der Waals surface area contributed by atoms with Crippen LogP contribution in [0.3, 0.4) is 0 Å². The summed E-state index contributed by atoms with van der Waals surface area (Å²) in [6.07, 6.45) is 6.84. The number of benzene rings is 1. The van der Waals surface area contributed by atoms with Gasteiger partial charge in [-0.2, -0.15) is 0 Å². The van der Waals surface area contributed by atoms with Gasteiger partial charge in [0.25, 0.3) is 0 Å². The standard InChI is InChI=1S/C16H24BrFN6O2S/c1-27(2,3)9-8-19-6-7-20-15-14(23-26-24-15)16(22-25)21-11-4-5-13(18)12(17)10-11/h4-5,10,19,25H,6-9H2,1-3H3,(H,20,24)(H,21,22). The van der Waals surface area contributed by atoms with E-state index in [9.17, 15) is 9.60 Å². The van der Waals surface area contributed by atoms with Crippen molar-refractivity contribution in [3.05, 3.63) is 34.2 Å². The van der Waals surface area contributed by atoms with Gasteiger partial charge in [0.1, 0.15) is 5.82 Å². The van der Waals surface area contributed by atoms with Crippen molar-refractivity contribution < 1.29 is 14.2 Å². The largest absolute Gasteiger partial charge is 0.364 e. The van der Waals surface area contributed by atoms with E-state index < -0.39 is 15.8 Å². The molecule has 2 rings (SSSR count). The first-order valence-corrected chi connectivity index (χ1v) is 12.0. The number of anilines is 1. The summed E-state index contributed by atoms with van der Waals surface area (Å²) in [7, 11) is -0.510. The van der Waals surface area contributed by atoms with Crippen molar-refractivity contribution in [1.29, 1.82) is 0 Å². The third-order valence-corrected chi connectivity index (χ3v) is 5.48. The molecule has 0 saturated heterocycles. The number of halogens is 2. The molecule has 8 nitrogen and oxygen atoms in total. The number of hydroxylamine groups is 1. The summed E-state index contributed by atoms with van der Waals surface area (Å²) < 4.78 is 18.4. The number of nitrogens with zero attached hydrogens (tertiary/aromatic N) is 3. The second-order valence-corrected chi connectivity index (χ2v) is 12.0. The second-order valence-electron chi connectivity index (χ2n) is 6.60. The Morgan fingerprint density at radius 1 is 1.26 bits per heavy atom. The maximum absolute atomic E-state index is 13.3. The zero-order valence-electron chi connectivity index (χ0n) is 15.4. The van der Waals surface area contributed by atoms with Gasteiger partial charge in [-0.25, -0.2) is 24.0 Å². The molecule has 2 aromatic rings. The van der Waals surface area contributed by atoms with Crippen LogP contribution < -0.4 is 16.1 Å². The van der Waals surface area contributed by atoms with E-state index in [1.54, 1.807) is 0 Å². The van der Waals surface area contributed by atoms with Crippen LogP contribution in [-0.4, -0.2) is 65.5 Å². The van der Waals surface area contributed by atoms with Gasteiger partial charge in [-0.3, -0.25) is 10.7 Å². The topological polar surface area (TPSA) is 108 Å². The van der Waals surface area contributed by atoms with Crippen molar-refractivity contribution in [1.82, 2.24) is 21.1 Å². The highest BCUT2D eigenvalue weighted by molar-refractivity contribution is 9.10. The Morgan fingerprint density at radius 3 is 2.70 bits per heavy atom. The quantitative estimate of drug-likeness (QED) is 0.196. The summed E-state index contributed by atoms with van der Waals surface area (Å²) in [6.45, 7) is 2.29. The van der Waals surface area contributed by atoms with Crippen LogP contribution in [0.15, 0.2) is 32.3 Å². The fraction of sp³-hybridized carbons (Fsp3) is 0.438. The van der Waals surface area contributed by atoms with Crippen molar-refractivity contribution in [3.63, 3.8) is 0 Å². The van der Waals surface area contributed by atoms with E-state index >= 15 is 0 Å². The molecule has 1 heterocycles. The first-order chi connectivity index (χ1) is 12.8. The highest BCUT2D eigenvalue weighted by Crippen LogP contribution is 2.33. The summed E-state index contributed by atoms with van der Waals surface area (Å²) in [5, 5.41) is 23.4. The number of rotatable bonds is 9. The molecule has 1 aromatic carbocycles. The smallest absolute Gasteiger partial charge is 0.202 e. The average Bonchev–Trinajstić information content (AvgIpc) is 3.06.